The van der Waals surface area contributed by atoms with Gasteiger partial charge in [0, 0.05) is 137 Å². The maximum Gasteiger partial charge on any atom is 0 e. The fourth-order valence-corrected chi connectivity index (χ4v) is 2.76. The first kappa shape index (κ1) is 152. The zero-order valence-electron chi connectivity index (χ0n) is 8.45. The first-order valence-electron chi connectivity index (χ1n) is 0.667. The normalized spacial score (nSPS) is 2.00. The Hall–Kier alpha value is 8.71. The minimum atomic E-state index is 0. The van der Waals surface area contributed by atoms with E-state index in [4.69, 9.17) is 0 Å². The van der Waals surface area contributed by atoms with Gasteiger partial charge in [0.05, 0.1) is 0 Å². The molecule has 0 spiro atoms. The van der Waals surface area contributed by atoms with Crippen LogP contribution in [0, 0.1) is 0 Å². The summed E-state index contributed by atoms with van der Waals surface area (Å²) in [6, 6.07) is 0. The third-order valence-electron chi connectivity index (χ3n) is 0.0556. The summed E-state index contributed by atoms with van der Waals surface area (Å²) < 4.78 is 0. The van der Waals surface area contributed by atoms with E-state index >= 15 is 0 Å². The molecule has 0 aliphatic carbocycles. The summed E-state index contributed by atoms with van der Waals surface area (Å²) in [5.41, 5.74) is 0. The minimum absolute atomic E-state index is 0. The largest absolute Gasteiger partial charge is 0.813 e. The molecule has 21 heteroatoms. The second kappa shape index (κ2) is 161. The van der Waals surface area contributed by atoms with Crippen LogP contribution in [0.4, 0.5) is 0 Å². The second-order valence-electron chi connectivity index (χ2n) is 0.204. The van der Waals surface area contributed by atoms with Gasteiger partial charge in [0.2, 0.25) is 0 Å². The van der Waals surface area contributed by atoms with Crippen LogP contribution in [-0.2, 0) is 268 Å². The van der Waals surface area contributed by atoms with Gasteiger partial charge in [0.1, 0.15) is 0 Å². The van der Waals surface area contributed by atoms with Crippen molar-refractivity contribution in [1.82, 2.24) is 0 Å². The van der Waals surface area contributed by atoms with Gasteiger partial charge in [0.25, 0.3) is 0 Å². The van der Waals surface area contributed by atoms with Gasteiger partial charge in [-0.15, -0.1) is 0 Å². The molecule has 0 nitrogen and oxygen atoms in total. The first-order valence-corrected chi connectivity index (χ1v) is 6.00. The molecule has 0 heterocycles. The molecule has 160 valence electrons. The molecule has 0 aromatic carbocycles. The molecule has 0 aliphatic rings. The Kier molecular flexibility index (Phi) is 1160. The third kappa shape index (κ3) is 179. The van der Waals surface area contributed by atoms with Crippen molar-refractivity contribution in [2.24, 2.45) is 0 Å². The van der Waals surface area contributed by atoms with Crippen LogP contribution in [0.2, 0.25) is 0 Å². The Morgan fingerprint density at radius 1 is 0.333 bits per heavy atom. The molecule has 0 amide bonds. The van der Waals surface area contributed by atoms with Gasteiger partial charge >= 0.3 is 0 Å². The number of hydrogen-bond acceptors (Lipinski definition) is 13. The summed E-state index contributed by atoms with van der Waals surface area (Å²) in [4.78, 5) is 0. The van der Waals surface area contributed by atoms with Crippen molar-refractivity contribution in [3.8, 4) is 0 Å². The standard InChI is InChI=1S/8Fe.H2S5.8H2S/c;;;;;;;;1-3-5-4-2;;;;;;;;/h;;;;;;;;1-2H;8*1H2/p-10. The Labute approximate surface area is 291 Å². The van der Waals surface area contributed by atoms with E-state index < -0.39 is 0 Å². The van der Waals surface area contributed by atoms with Crippen molar-refractivity contribution in [2.75, 3.05) is 0 Å². The predicted molar refractivity (Wildman–Crippen MR) is 108 cm³/mol. The Bertz CT molecular complexity index is 27.6. The Balaban J connectivity index is -0.000000000667. The van der Waals surface area contributed by atoms with Crippen molar-refractivity contribution in [1.29, 1.82) is 0 Å². The average Bonchev–Trinajstić information content (AvgIpc) is 1.41. The molecular weight excluding hydrogens is 864 g/mol. The van der Waals surface area contributed by atoms with Gasteiger partial charge in [-0.2, -0.15) is 0 Å². The van der Waals surface area contributed by atoms with Crippen molar-refractivity contribution < 1.29 is 137 Å². The van der Waals surface area contributed by atoms with Crippen molar-refractivity contribution in [3.05, 3.63) is 0 Å². The second-order valence-corrected chi connectivity index (χ2v) is 5.51. The van der Waals surface area contributed by atoms with Gasteiger partial charge in [0.15, 0.2) is 0 Å². The van der Waals surface area contributed by atoms with Gasteiger partial charge in [-0.1, -0.05) is 9.83 Å². The van der Waals surface area contributed by atoms with Crippen molar-refractivity contribution >= 4 is 161 Å². The van der Waals surface area contributed by atoms with E-state index in [0.717, 1.165) is 0 Å². The number of hydrogen-bond donors (Lipinski definition) is 0. The van der Waals surface area contributed by atoms with Gasteiger partial charge in [-0.25, -0.2) is 0 Å². The van der Waals surface area contributed by atoms with E-state index in [-0.39, 0.29) is 245 Å². The average molecular weight is 872 g/mol. The van der Waals surface area contributed by atoms with Crippen molar-refractivity contribution in [2.45, 2.75) is 0 Å². The quantitative estimate of drug-likeness (QED) is 0.156. The molecule has 0 saturated carbocycles. The molecular formula is H8Fe8S13-10. The third-order valence-corrected chi connectivity index (χ3v) is 4.50. The van der Waals surface area contributed by atoms with Crippen LogP contribution in [0.1, 0.15) is 0 Å². The summed E-state index contributed by atoms with van der Waals surface area (Å²) in [5.74, 6) is 0. The first-order chi connectivity index (χ1) is 2.41. The molecule has 0 unspecified atom stereocenters. The molecule has 0 aromatic heterocycles. The van der Waals surface area contributed by atoms with E-state index in [1.54, 1.807) is 0 Å². The molecule has 0 bridgehead atoms. The molecule has 0 saturated heterocycles. The van der Waals surface area contributed by atoms with E-state index in [1.165, 1.54) is 29.5 Å². The van der Waals surface area contributed by atoms with E-state index in [9.17, 15) is 0 Å². The van der Waals surface area contributed by atoms with Gasteiger partial charge in [-0.3, -0.25) is 19.7 Å². The molecule has 0 rings (SSSR count). The molecule has 0 aliphatic heterocycles. The summed E-state index contributed by atoms with van der Waals surface area (Å²) >= 11 is 8.89. The number of rotatable bonds is 2. The van der Waals surface area contributed by atoms with Crippen LogP contribution in [0.3, 0.4) is 0 Å². The molecule has 0 fully saturated rings. The smallest absolute Gasteiger partial charge is 0 e. The molecule has 0 aromatic rings. The van der Waals surface area contributed by atoms with Crippen LogP contribution >= 0.6 is 29.5 Å². The molecule has 0 atom stereocenters. The Morgan fingerprint density at radius 3 is 0.429 bits per heavy atom. The van der Waals surface area contributed by atoms with E-state index in [0.29, 0.717) is 0 Å². The van der Waals surface area contributed by atoms with Gasteiger partial charge in [-0.05, 0) is 0 Å². The summed E-state index contributed by atoms with van der Waals surface area (Å²) in [6.07, 6.45) is 0. The topological polar surface area (TPSA) is 0 Å². The number of thiol groups is 8. The van der Waals surface area contributed by atoms with Crippen LogP contribution < -0.4 is 0 Å². The van der Waals surface area contributed by atoms with Crippen LogP contribution in [-0.4, -0.2) is 0 Å². The van der Waals surface area contributed by atoms with Gasteiger partial charge < -0.3 is 131 Å². The SMILES string of the molecule is [Fe].[Fe].[Fe].[Fe].[Fe].[Fe].[Fe].[Fe].[S-]SSS[S-].[SH-].[SH-].[SH-].[SH-].[SH-].[SH-].[SH-].[SH-]. The molecule has 0 N–H and O–H groups in total. The monoisotopic (exact) mass is 871 g/mol. The zero-order valence-corrected chi connectivity index (χ0v) is 28.5. The van der Waals surface area contributed by atoms with Crippen LogP contribution in [0.5, 0.6) is 0 Å². The van der Waals surface area contributed by atoms with E-state index in [1.807, 2.05) is 0 Å². The predicted octanol–water partition coefficient (Wildman–Crippen LogP) is -0.241. The van der Waals surface area contributed by atoms with E-state index in [2.05, 4.69) is 23.3 Å². The fourth-order valence-electron chi connectivity index (χ4n) is 0.0113. The van der Waals surface area contributed by atoms with Crippen molar-refractivity contribution in [3.63, 3.8) is 0 Å². The fraction of sp³-hybridized carbons (Fsp3) is 0. The maximum absolute atomic E-state index is 4.44. The summed E-state index contributed by atoms with van der Waals surface area (Å²) in [5, 5.41) is 0. The minimum Gasteiger partial charge on any atom is -0.813 e. The maximum atomic E-state index is 4.44. The summed E-state index contributed by atoms with van der Waals surface area (Å²) in [6.45, 7) is 0. The van der Waals surface area contributed by atoms with Crippen LogP contribution in [0.15, 0.2) is 0 Å². The Morgan fingerprint density at radius 2 is 0.429 bits per heavy atom. The zero-order chi connectivity index (χ0) is 4.12. The molecule has 0 radical (unpaired) electrons. The molecule has 21 heavy (non-hydrogen) atoms. The van der Waals surface area contributed by atoms with Crippen LogP contribution in [0.25, 0.3) is 0 Å². The summed E-state index contributed by atoms with van der Waals surface area (Å²) in [7, 11) is 3.95.